The van der Waals surface area contributed by atoms with E-state index in [9.17, 15) is 18.8 Å². The van der Waals surface area contributed by atoms with Crippen LogP contribution in [0.5, 0.6) is 0 Å². The van der Waals surface area contributed by atoms with Gasteiger partial charge in [0.15, 0.2) is 10.7 Å². The van der Waals surface area contributed by atoms with E-state index in [4.69, 9.17) is 11.6 Å². The van der Waals surface area contributed by atoms with Gasteiger partial charge in [0.2, 0.25) is 9.84 Å². The van der Waals surface area contributed by atoms with Crippen LogP contribution >= 0.6 is 11.6 Å². The molecule has 0 aliphatic heterocycles. The van der Waals surface area contributed by atoms with Crippen LogP contribution in [0.3, 0.4) is 0 Å². The van der Waals surface area contributed by atoms with Crippen molar-refractivity contribution < 1.29 is 13.5 Å². The van der Waals surface area contributed by atoms with Crippen molar-refractivity contribution in [2.24, 2.45) is 7.05 Å². The molecule has 0 spiro atoms. The third-order valence-electron chi connectivity index (χ3n) is 4.66. The summed E-state index contributed by atoms with van der Waals surface area (Å²) in [5.74, 6) is -0.701. The lowest BCUT2D eigenvalue weighted by Gasteiger charge is -2.06. The quantitative estimate of drug-likeness (QED) is 0.383. The Morgan fingerprint density at radius 1 is 1.10 bits per heavy atom. The number of sulfone groups is 1. The van der Waals surface area contributed by atoms with E-state index in [1.807, 2.05) is 12.1 Å². The van der Waals surface area contributed by atoms with Crippen molar-refractivity contribution in [2.75, 3.05) is 0 Å². The number of aliphatic hydroxyl groups excluding tert-OH is 1. The fourth-order valence-electron chi connectivity index (χ4n) is 3.34. The SMILES string of the molecule is Cn1nc(C(O)=C(C#N)S(=O)(=O)c2ccccc2)c2ccc3cccc(Cl)c3c21. The van der Waals surface area contributed by atoms with E-state index in [-0.39, 0.29) is 10.6 Å². The maximum Gasteiger partial charge on any atom is 0.220 e. The van der Waals surface area contributed by atoms with E-state index in [1.165, 1.54) is 16.8 Å². The van der Waals surface area contributed by atoms with E-state index in [2.05, 4.69) is 5.10 Å². The molecule has 0 radical (unpaired) electrons. The van der Waals surface area contributed by atoms with Crippen molar-refractivity contribution in [3.05, 3.63) is 76.3 Å². The molecule has 1 heterocycles. The number of halogens is 1. The van der Waals surface area contributed by atoms with Gasteiger partial charge in [-0.25, -0.2) is 8.42 Å². The first kappa shape index (κ1) is 19.0. The number of nitrogens with zero attached hydrogens (tertiary/aromatic N) is 3. The summed E-state index contributed by atoms with van der Waals surface area (Å²) in [6.07, 6.45) is 0. The number of fused-ring (bicyclic) bond motifs is 3. The fraction of sp³-hybridized carbons (Fsp3) is 0.0476. The average molecular weight is 424 g/mol. The van der Waals surface area contributed by atoms with Gasteiger partial charge in [-0.1, -0.05) is 48.0 Å². The normalized spacial score (nSPS) is 12.7. The number of aromatic nitrogens is 2. The van der Waals surface area contributed by atoms with Gasteiger partial charge in [-0.15, -0.1) is 0 Å². The molecule has 0 saturated heterocycles. The topological polar surface area (TPSA) is 96.0 Å². The Kier molecular flexibility index (Phi) is 4.53. The first-order valence-corrected chi connectivity index (χ1v) is 10.4. The summed E-state index contributed by atoms with van der Waals surface area (Å²) in [4.78, 5) is -0.847. The Bertz CT molecular complexity index is 1450. The van der Waals surface area contributed by atoms with Crippen LogP contribution < -0.4 is 0 Å². The number of benzene rings is 3. The first-order chi connectivity index (χ1) is 13.9. The molecule has 8 heteroatoms. The van der Waals surface area contributed by atoms with Crippen LogP contribution in [0.2, 0.25) is 5.02 Å². The van der Waals surface area contributed by atoms with Gasteiger partial charge in [0, 0.05) is 17.8 Å². The summed E-state index contributed by atoms with van der Waals surface area (Å²) >= 11 is 6.38. The smallest absolute Gasteiger partial charge is 0.220 e. The second-order valence-electron chi connectivity index (χ2n) is 6.38. The molecular formula is C21H14ClN3O3S. The summed E-state index contributed by atoms with van der Waals surface area (Å²) < 4.78 is 27.3. The zero-order valence-corrected chi connectivity index (χ0v) is 16.7. The highest BCUT2D eigenvalue weighted by molar-refractivity contribution is 7.95. The second kappa shape index (κ2) is 6.92. The van der Waals surface area contributed by atoms with Crippen molar-refractivity contribution in [2.45, 2.75) is 4.90 Å². The van der Waals surface area contributed by atoms with Gasteiger partial charge >= 0.3 is 0 Å². The molecule has 1 N–H and O–H groups in total. The van der Waals surface area contributed by atoms with Gasteiger partial charge in [0.25, 0.3) is 0 Å². The lowest BCUT2D eigenvalue weighted by molar-refractivity contribution is 0.505. The molecule has 0 saturated carbocycles. The number of aryl methyl sites for hydroxylation is 1. The molecule has 3 aromatic carbocycles. The second-order valence-corrected chi connectivity index (χ2v) is 8.67. The minimum Gasteiger partial charge on any atom is -0.504 e. The summed E-state index contributed by atoms with van der Waals surface area (Å²) in [5, 5.41) is 27.2. The molecule has 0 aliphatic carbocycles. The molecule has 0 fully saturated rings. The van der Waals surface area contributed by atoms with Gasteiger partial charge in [0.1, 0.15) is 11.8 Å². The summed E-state index contributed by atoms with van der Waals surface area (Å²) in [7, 11) is -2.55. The Hall–Kier alpha value is -3.34. The predicted octanol–water partition coefficient (Wildman–Crippen LogP) is 4.60. The highest BCUT2D eigenvalue weighted by Gasteiger charge is 2.28. The Labute approximate surface area is 171 Å². The molecule has 144 valence electrons. The van der Waals surface area contributed by atoms with Crippen LogP contribution in [-0.2, 0) is 16.9 Å². The molecule has 0 aliphatic rings. The minimum atomic E-state index is -4.22. The standard InChI is InChI=1S/C21H14ClN3O3S/c1-25-20-15(11-10-13-6-5-9-16(22)18(13)20)19(24-25)21(26)17(12-23)29(27,28)14-7-3-2-4-8-14/h2-11,26H,1H3. The molecule has 6 nitrogen and oxygen atoms in total. The maximum atomic E-state index is 12.9. The van der Waals surface area contributed by atoms with Crippen LogP contribution in [0.15, 0.2) is 70.5 Å². The lowest BCUT2D eigenvalue weighted by Crippen LogP contribution is -2.07. The maximum absolute atomic E-state index is 12.9. The summed E-state index contributed by atoms with van der Waals surface area (Å²) in [6, 6.07) is 18.1. The number of aliphatic hydroxyl groups is 1. The Morgan fingerprint density at radius 2 is 1.83 bits per heavy atom. The van der Waals surface area contributed by atoms with E-state index in [1.54, 1.807) is 49.5 Å². The van der Waals surface area contributed by atoms with Gasteiger partial charge in [-0.3, -0.25) is 4.68 Å². The predicted molar refractivity (Wildman–Crippen MR) is 112 cm³/mol. The molecule has 29 heavy (non-hydrogen) atoms. The van der Waals surface area contributed by atoms with Crippen LogP contribution in [0, 0.1) is 11.3 Å². The van der Waals surface area contributed by atoms with E-state index >= 15 is 0 Å². The first-order valence-electron chi connectivity index (χ1n) is 8.54. The van der Waals surface area contributed by atoms with Crippen molar-refractivity contribution in [1.29, 1.82) is 5.26 Å². The molecule has 0 atom stereocenters. The van der Waals surface area contributed by atoms with Gasteiger partial charge in [-0.05, 0) is 29.7 Å². The molecule has 0 bridgehead atoms. The van der Waals surface area contributed by atoms with Crippen LogP contribution in [0.1, 0.15) is 5.69 Å². The van der Waals surface area contributed by atoms with E-state index in [0.29, 0.717) is 15.9 Å². The number of hydrogen-bond acceptors (Lipinski definition) is 5. The van der Waals surface area contributed by atoms with Crippen LogP contribution in [0.4, 0.5) is 0 Å². The molecular weight excluding hydrogens is 410 g/mol. The van der Waals surface area contributed by atoms with Crippen molar-refractivity contribution in [3.63, 3.8) is 0 Å². The van der Waals surface area contributed by atoms with Crippen molar-refractivity contribution >= 4 is 48.9 Å². The van der Waals surface area contributed by atoms with E-state index in [0.717, 1.165) is 10.8 Å². The van der Waals surface area contributed by atoms with Crippen molar-refractivity contribution in [1.82, 2.24) is 9.78 Å². The molecule has 4 aromatic rings. The number of allylic oxidation sites excluding steroid dienone is 1. The molecule has 1 aromatic heterocycles. The number of hydrogen-bond donors (Lipinski definition) is 1. The third kappa shape index (κ3) is 2.94. The zero-order chi connectivity index (χ0) is 20.8. The van der Waals surface area contributed by atoms with Gasteiger partial charge < -0.3 is 5.11 Å². The molecule has 0 amide bonds. The Morgan fingerprint density at radius 3 is 2.52 bits per heavy atom. The average Bonchev–Trinajstić information content (AvgIpc) is 3.06. The number of nitriles is 1. The largest absolute Gasteiger partial charge is 0.504 e. The minimum absolute atomic E-state index is 0.000348. The highest BCUT2D eigenvalue weighted by Crippen LogP contribution is 2.35. The number of rotatable bonds is 3. The van der Waals surface area contributed by atoms with Gasteiger partial charge in [-0.2, -0.15) is 10.4 Å². The molecule has 4 rings (SSSR count). The lowest BCUT2D eigenvalue weighted by atomic mass is 10.1. The third-order valence-corrected chi connectivity index (χ3v) is 6.69. The summed E-state index contributed by atoms with van der Waals surface area (Å²) in [5.41, 5.74) is 0.629. The Balaban J connectivity index is 2.04. The van der Waals surface area contributed by atoms with Crippen LogP contribution in [-0.4, -0.2) is 23.3 Å². The molecule has 0 unspecified atom stereocenters. The zero-order valence-electron chi connectivity index (χ0n) is 15.2. The summed E-state index contributed by atoms with van der Waals surface area (Å²) in [6.45, 7) is 0. The monoisotopic (exact) mass is 423 g/mol. The van der Waals surface area contributed by atoms with Crippen LogP contribution in [0.25, 0.3) is 27.4 Å². The highest BCUT2D eigenvalue weighted by atomic mass is 35.5. The van der Waals surface area contributed by atoms with Gasteiger partial charge in [0.05, 0.1) is 15.4 Å². The van der Waals surface area contributed by atoms with E-state index < -0.39 is 20.5 Å². The fourth-order valence-corrected chi connectivity index (χ4v) is 4.83. The van der Waals surface area contributed by atoms with Crippen molar-refractivity contribution in [3.8, 4) is 6.07 Å².